The minimum atomic E-state index is -0.150. The minimum Gasteiger partial charge on any atom is -0.356 e. The van der Waals surface area contributed by atoms with Crippen molar-refractivity contribution in [3.05, 3.63) is 35.9 Å². The zero-order valence-electron chi connectivity index (χ0n) is 15.0. The molecule has 0 bridgehead atoms. The zero-order valence-corrected chi connectivity index (χ0v) is 15.0. The summed E-state index contributed by atoms with van der Waals surface area (Å²) in [6, 6.07) is 9.77. The smallest absolute Gasteiger partial charge is 0.224 e. The van der Waals surface area contributed by atoms with Crippen molar-refractivity contribution in [2.24, 2.45) is 11.8 Å². The van der Waals surface area contributed by atoms with Gasteiger partial charge in [-0.3, -0.25) is 14.4 Å². The van der Waals surface area contributed by atoms with Gasteiger partial charge in [-0.25, -0.2) is 0 Å². The number of carbonyl (C=O) groups is 3. The van der Waals surface area contributed by atoms with Gasteiger partial charge in [0.15, 0.2) is 0 Å². The molecule has 1 aliphatic carbocycles. The maximum Gasteiger partial charge on any atom is 0.224 e. The number of carbonyl (C=O) groups excluding carboxylic acids is 3. The Morgan fingerprint density at radius 1 is 1.08 bits per heavy atom. The molecule has 6 nitrogen and oxygen atoms in total. The Balaban J connectivity index is 1.55. The van der Waals surface area contributed by atoms with Gasteiger partial charge in [0.2, 0.25) is 17.7 Å². The second-order valence-electron chi connectivity index (χ2n) is 6.70. The molecule has 1 aromatic rings. The van der Waals surface area contributed by atoms with Gasteiger partial charge in [0.05, 0.1) is 0 Å². The molecule has 0 aromatic heterocycles. The molecule has 0 aliphatic heterocycles. The first kappa shape index (κ1) is 19.0. The predicted molar refractivity (Wildman–Crippen MR) is 95.4 cm³/mol. The highest BCUT2D eigenvalue weighted by Crippen LogP contribution is 2.37. The van der Waals surface area contributed by atoms with E-state index in [1.807, 2.05) is 37.3 Å². The Morgan fingerprint density at radius 3 is 2.36 bits per heavy atom. The van der Waals surface area contributed by atoms with Crippen LogP contribution in [-0.4, -0.2) is 42.8 Å². The van der Waals surface area contributed by atoms with E-state index in [9.17, 15) is 14.4 Å². The molecule has 1 saturated carbocycles. The number of rotatable bonds is 9. The van der Waals surface area contributed by atoms with Crippen LogP contribution in [0.5, 0.6) is 0 Å². The van der Waals surface area contributed by atoms with E-state index in [0.717, 1.165) is 12.0 Å². The fourth-order valence-corrected chi connectivity index (χ4v) is 2.65. The Labute approximate surface area is 149 Å². The number of benzene rings is 1. The quantitative estimate of drug-likeness (QED) is 0.708. The van der Waals surface area contributed by atoms with Crippen LogP contribution in [0.4, 0.5) is 0 Å². The molecule has 3 amide bonds. The van der Waals surface area contributed by atoms with Crippen molar-refractivity contribution in [3.63, 3.8) is 0 Å². The van der Waals surface area contributed by atoms with Crippen molar-refractivity contribution >= 4 is 17.7 Å². The summed E-state index contributed by atoms with van der Waals surface area (Å²) >= 11 is 0. The van der Waals surface area contributed by atoms with Crippen LogP contribution in [0.15, 0.2) is 30.3 Å². The van der Waals surface area contributed by atoms with Crippen LogP contribution < -0.4 is 10.6 Å². The number of nitrogens with zero attached hydrogens (tertiary/aromatic N) is 1. The van der Waals surface area contributed by atoms with Crippen LogP contribution in [0.2, 0.25) is 0 Å². The first-order valence-electron chi connectivity index (χ1n) is 8.79. The maximum absolute atomic E-state index is 12.1. The monoisotopic (exact) mass is 345 g/mol. The van der Waals surface area contributed by atoms with Crippen LogP contribution in [-0.2, 0) is 20.9 Å². The molecule has 6 heteroatoms. The van der Waals surface area contributed by atoms with Crippen molar-refractivity contribution in [1.29, 1.82) is 0 Å². The van der Waals surface area contributed by atoms with Gasteiger partial charge in [-0.2, -0.15) is 0 Å². The van der Waals surface area contributed by atoms with Gasteiger partial charge in [-0.15, -0.1) is 0 Å². The van der Waals surface area contributed by atoms with Gasteiger partial charge < -0.3 is 15.5 Å². The van der Waals surface area contributed by atoms with Gasteiger partial charge in [0.1, 0.15) is 0 Å². The summed E-state index contributed by atoms with van der Waals surface area (Å²) in [6.07, 6.45) is 1.44. The van der Waals surface area contributed by atoms with E-state index in [0.29, 0.717) is 25.6 Å². The van der Waals surface area contributed by atoms with Crippen molar-refractivity contribution in [2.45, 2.75) is 32.7 Å². The van der Waals surface area contributed by atoms with Crippen LogP contribution in [0, 0.1) is 11.8 Å². The van der Waals surface area contributed by atoms with Crippen LogP contribution in [0.25, 0.3) is 0 Å². The highest BCUT2D eigenvalue weighted by atomic mass is 16.2. The lowest BCUT2D eigenvalue weighted by molar-refractivity contribution is -0.130. The predicted octanol–water partition coefficient (Wildman–Crippen LogP) is 1.31. The largest absolute Gasteiger partial charge is 0.356 e. The molecule has 25 heavy (non-hydrogen) atoms. The number of nitrogens with one attached hydrogen (secondary N) is 2. The Kier molecular flexibility index (Phi) is 6.98. The molecule has 0 heterocycles. The molecule has 1 aromatic carbocycles. The SMILES string of the molecule is CC1CC1C(=O)NCCC(=O)NCCC(=O)N(C)Cc1ccccc1. The molecule has 2 atom stereocenters. The van der Waals surface area contributed by atoms with E-state index in [2.05, 4.69) is 10.6 Å². The second kappa shape index (κ2) is 9.20. The summed E-state index contributed by atoms with van der Waals surface area (Å²) in [5.41, 5.74) is 1.07. The second-order valence-corrected chi connectivity index (χ2v) is 6.70. The van der Waals surface area contributed by atoms with E-state index in [1.165, 1.54) is 0 Å². The Hall–Kier alpha value is -2.37. The molecule has 2 unspecified atom stereocenters. The van der Waals surface area contributed by atoms with Crippen molar-refractivity contribution < 1.29 is 14.4 Å². The maximum atomic E-state index is 12.1. The third-order valence-corrected chi connectivity index (χ3v) is 4.45. The van der Waals surface area contributed by atoms with E-state index >= 15 is 0 Å². The highest BCUT2D eigenvalue weighted by molar-refractivity contribution is 5.82. The molecule has 0 saturated heterocycles. The first-order valence-corrected chi connectivity index (χ1v) is 8.79. The molecular formula is C19H27N3O3. The van der Waals surface area contributed by atoms with E-state index in [4.69, 9.17) is 0 Å². The van der Waals surface area contributed by atoms with E-state index in [1.54, 1.807) is 11.9 Å². The average molecular weight is 345 g/mol. The molecule has 136 valence electrons. The number of hydrogen-bond donors (Lipinski definition) is 2. The van der Waals surface area contributed by atoms with Gasteiger partial charge >= 0.3 is 0 Å². The molecule has 1 fully saturated rings. The van der Waals surface area contributed by atoms with E-state index in [-0.39, 0.29) is 36.5 Å². The first-order chi connectivity index (χ1) is 12.0. The fourth-order valence-electron chi connectivity index (χ4n) is 2.65. The molecule has 0 radical (unpaired) electrons. The molecule has 2 rings (SSSR count). The minimum absolute atomic E-state index is 0.0137. The molecule has 0 spiro atoms. The summed E-state index contributed by atoms with van der Waals surface area (Å²) in [5.74, 6) is 0.467. The van der Waals surface area contributed by atoms with Crippen molar-refractivity contribution in [1.82, 2.24) is 15.5 Å². The fraction of sp³-hybridized carbons (Fsp3) is 0.526. The van der Waals surface area contributed by atoms with Gasteiger partial charge in [0.25, 0.3) is 0 Å². The summed E-state index contributed by atoms with van der Waals surface area (Å²) in [5, 5.41) is 5.50. The summed E-state index contributed by atoms with van der Waals surface area (Å²) in [7, 11) is 1.76. The summed E-state index contributed by atoms with van der Waals surface area (Å²) < 4.78 is 0. The standard InChI is InChI=1S/C19H27N3O3/c1-14-12-16(14)19(25)21-10-8-17(23)20-11-9-18(24)22(2)13-15-6-4-3-5-7-15/h3-7,14,16H,8-13H2,1-2H3,(H,20,23)(H,21,25). The van der Waals surface area contributed by atoms with Crippen LogP contribution >= 0.6 is 0 Å². The lowest BCUT2D eigenvalue weighted by Gasteiger charge is -2.17. The van der Waals surface area contributed by atoms with Crippen molar-refractivity contribution in [2.75, 3.05) is 20.1 Å². The van der Waals surface area contributed by atoms with E-state index < -0.39 is 0 Å². The number of amides is 3. The number of hydrogen-bond acceptors (Lipinski definition) is 3. The summed E-state index contributed by atoms with van der Waals surface area (Å²) in [4.78, 5) is 37.1. The Bertz CT molecular complexity index is 603. The normalized spacial score (nSPS) is 18.3. The third kappa shape index (κ3) is 6.57. The zero-order chi connectivity index (χ0) is 18.2. The Morgan fingerprint density at radius 2 is 1.72 bits per heavy atom. The molecular weight excluding hydrogens is 318 g/mol. The van der Waals surface area contributed by atoms with Gasteiger partial charge in [0, 0.05) is 45.4 Å². The lowest BCUT2D eigenvalue weighted by atomic mass is 10.2. The topological polar surface area (TPSA) is 78.5 Å². The highest BCUT2D eigenvalue weighted by Gasteiger charge is 2.38. The molecule has 2 N–H and O–H groups in total. The summed E-state index contributed by atoms with van der Waals surface area (Å²) in [6.45, 7) is 3.25. The average Bonchev–Trinajstić information content (AvgIpc) is 3.32. The lowest BCUT2D eigenvalue weighted by Crippen LogP contribution is -2.34. The van der Waals surface area contributed by atoms with Crippen molar-refractivity contribution in [3.8, 4) is 0 Å². The van der Waals surface area contributed by atoms with Gasteiger partial charge in [-0.05, 0) is 17.9 Å². The van der Waals surface area contributed by atoms with Gasteiger partial charge in [-0.1, -0.05) is 37.3 Å². The molecule has 1 aliphatic rings. The van der Waals surface area contributed by atoms with Crippen LogP contribution in [0.1, 0.15) is 31.7 Å². The third-order valence-electron chi connectivity index (χ3n) is 4.45. The van der Waals surface area contributed by atoms with Crippen LogP contribution in [0.3, 0.4) is 0 Å².